The average molecular weight is 253 g/mol. The predicted octanol–water partition coefficient (Wildman–Crippen LogP) is 0.353. The number of hydrogen-bond acceptors (Lipinski definition) is 5. The topological polar surface area (TPSA) is 128 Å². The van der Waals surface area contributed by atoms with Crippen molar-refractivity contribution in [1.82, 2.24) is 5.32 Å². The maximum absolute atomic E-state index is 11.9. The summed E-state index contributed by atoms with van der Waals surface area (Å²) < 4.78 is 0. The monoisotopic (exact) mass is 253 g/mol. The van der Waals surface area contributed by atoms with E-state index in [4.69, 9.17) is 16.0 Å². The number of rotatable bonds is 3. The van der Waals surface area contributed by atoms with Crippen molar-refractivity contribution in [3.63, 3.8) is 0 Å². The molecule has 0 spiro atoms. The second-order valence-electron chi connectivity index (χ2n) is 4.27. The van der Waals surface area contributed by atoms with Crippen molar-refractivity contribution in [2.45, 2.75) is 19.4 Å². The van der Waals surface area contributed by atoms with Crippen molar-refractivity contribution in [3.8, 4) is 11.5 Å². The third-order valence-electron chi connectivity index (χ3n) is 2.40. The van der Waals surface area contributed by atoms with Crippen LogP contribution >= 0.6 is 0 Å². The Labute approximate surface area is 104 Å². The zero-order chi connectivity index (χ0) is 13.9. The molecule has 0 aliphatic carbocycles. The van der Waals surface area contributed by atoms with E-state index in [2.05, 4.69) is 10.5 Å². The fourth-order valence-corrected chi connectivity index (χ4v) is 1.25. The number of phenols is 2. The molecule has 0 saturated carbocycles. The van der Waals surface area contributed by atoms with Gasteiger partial charge in [0.2, 0.25) is 0 Å². The minimum absolute atomic E-state index is 0.0217. The lowest BCUT2D eigenvalue weighted by Crippen LogP contribution is -2.53. The molecule has 6 N–H and O–H groups in total. The summed E-state index contributed by atoms with van der Waals surface area (Å²) in [5.74, 6) is -1.29. The predicted molar refractivity (Wildman–Crippen MR) is 64.7 cm³/mol. The largest absolute Gasteiger partial charge is 0.508 e. The summed E-state index contributed by atoms with van der Waals surface area (Å²) in [6.45, 7) is 3.08. The molecule has 0 aromatic heterocycles. The Morgan fingerprint density at radius 2 is 2.00 bits per heavy atom. The van der Waals surface area contributed by atoms with E-state index < -0.39 is 11.4 Å². The maximum Gasteiger partial charge on any atom is 0.255 e. The van der Waals surface area contributed by atoms with Gasteiger partial charge in [-0.1, -0.05) is 5.16 Å². The van der Waals surface area contributed by atoms with E-state index in [1.807, 2.05) is 0 Å². The molecule has 7 nitrogen and oxygen atoms in total. The second kappa shape index (κ2) is 4.82. The number of phenolic OH excluding ortho intramolecular Hbond substituents is 2. The molecule has 7 heteroatoms. The molecule has 18 heavy (non-hydrogen) atoms. The van der Waals surface area contributed by atoms with Crippen molar-refractivity contribution in [2.24, 2.45) is 10.9 Å². The van der Waals surface area contributed by atoms with Crippen LogP contribution in [0.2, 0.25) is 0 Å². The molecule has 1 amide bonds. The van der Waals surface area contributed by atoms with Crippen LogP contribution in [-0.2, 0) is 0 Å². The second-order valence-corrected chi connectivity index (χ2v) is 4.27. The molecule has 0 atom stereocenters. The van der Waals surface area contributed by atoms with Crippen LogP contribution in [0.15, 0.2) is 23.4 Å². The van der Waals surface area contributed by atoms with Crippen molar-refractivity contribution >= 4 is 11.7 Å². The number of amides is 1. The van der Waals surface area contributed by atoms with Crippen LogP contribution in [-0.4, -0.2) is 32.7 Å². The van der Waals surface area contributed by atoms with Crippen molar-refractivity contribution in [1.29, 1.82) is 0 Å². The molecule has 1 aromatic carbocycles. The highest BCUT2D eigenvalue weighted by Gasteiger charge is 2.27. The van der Waals surface area contributed by atoms with Crippen LogP contribution < -0.4 is 11.1 Å². The lowest BCUT2D eigenvalue weighted by Gasteiger charge is -2.24. The number of nitrogens with two attached hydrogens (primary N) is 1. The summed E-state index contributed by atoms with van der Waals surface area (Å²) in [6.07, 6.45) is 0. The third-order valence-corrected chi connectivity index (χ3v) is 2.40. The van der Waals surface area contributed by atoms with E-state index in [9.17, 15) is 9.90 Å². The first kappa shape index (κ1) is 13.6. The van der Waals surface area contributed by atoms with Gasteiger partial charge in [0.25, 0.3) is 5.91 Å². The first-order valence-electron chi connectivity index (χ1n) is 5.10. The maximum atomic E-state index is 11.9. The van der Waals surface area contributed by atoms with E-state index in [0.29, 0.717) is 0 Å². The van der Waals surface area contributed by atoms with Gasteiger partial charge in [0.05, 0.1) is 11.1 Å². The molecule has 0 aliphatic heterocycles. The molecule has 0 fully saturated rings. The summed E-state index contributed by atoms with van der Waals surface area (Å²) in [6, 6.07) is 3.58. The van der Waals surface area contributed by atoms with Crippen LogP contribution in [0.25, 0.3) is 0 Å². The number of carbonyl (C=O) groups is 1. The van der Waals surface area contributed by atoms with Gasteiger partial charge in [-0.05, 0) is 26.0 Å². The van der Waals surface area contributed by atoms with Gasteiger partial charge in [-0.25, -0.2) is 0 Å². The quantitative estimate of drug-likeness (QED) is 0.230. The fourth-order valence-electron chi connectivity index (χ4n) is 1.25. The smallest absolute Gasteiger partial charge is 0.255 e. The Hall–Kier alpha value is -2.44. The number of benzene rings is 1. The lowest BCUT2D eigenvalue weighted by atomic mass is 10.0. The molecule has 0 bridgehead atoms. The van der Waals surface area contributed by atoms with Gasteiger partial charge >= 0.3 is 0 Å². The zero-order valence-corrected chi connectivity index (χ0v) is 10.0. The van der Waals surface area contributed by atoms with Crippen LogP contribution in [0.1, 0.15) is 24.2 Å². The van der Waals surface area contributed by atoms with Gasteiger partial charge in [-0.15, -0.1) is 0 Å². The Bertz CT molecular complexity index is 497. The van der Waals surface area contributed by atoms with Crippen molar-refractivity contribution in [3.05, 3.63) is 23.8 Å². The molecule has 0 radical (unpaired) electrons. The van der Waals surface area contributed by atoms with E-state index in [1.165, 1.54) is 26.0 Å². The summed E-state index contributed by atoms with van der Waals surface area (Å²) in [5, 5.41) is 32.5. The fraction of sp³-hybridized carbons (Fsp3) is 0.273. The Kier molecular flexibility index (Phi) is 3.65. The summed E-state index contributed by atoms with van der Waals surface area (Å²) >= 11 is 0. The molecular formula is C11H15N3O4. The molecule has 1 rings (SSSR count). The van der Waals surface area contributed by atoms with E-state index in [0.717, 1.165) is 6.07 Å². The first-order valence-corrected chi connectivity index (χ1v) is 5.10. The molecule has 0 aliphatic rings. The number of hydrogen-bond donors (Lipinski definition) is 5. The standard InChI is InChI=1S/C11H15N3O4/c1-11(2,10(12)14-18)13-9(17)7-4-3-6(15)5-8(7)16/h3-5,15-16,18H,1-2H3,(H2,12,14)(H,13,17). The Morgan fingerprint density at radius 3 is 2.50 bits per heavy atom. The van der Waals surface area contributed by atoms with Crippen LogP contribution in [0.3, 0.4) is 0 Å². The number of aromatic hydroxyl groups is 2. The number of carbonyl (C=O) groups excluding carboxylic acids is 1. The molecular weight excluding hydrogens is 238 g/mol. The van der Waals surface area contributed by atoms with E-state index in [1.54, 1.807) is 0 Å². The summed E-state index contributed by atoms with van der Waals surface area (Å²) in [7, 11) is 0. The Morgan fingerprint density at radius 1 is 1.39 bits per heavy atom. The normalized spacial score (nSPS) is 12.2. The van der Waals surface area contributed by atoms with Gasteiger partial charge in [0.1, 0.15) is 11.5 Å². The first-order chi connectivity index (χ1) is 8.27. The minimum Gasteiger partial charge on any atom is -0.508 e. The molecule has 0 saturated heterocycles. The molecule has 98 valence electrons. The van der Waals surface area contributed by atoms with E-state index >= 15 is 0 Å². The van der Waals surface area contributed by atoms with Gasteiger partial charge < -0.3 is 26.5 Å². The van der Waals surface area contributed by atoms with Crippen molar-refractivity contribution < 1.29 is 20.2 Å². The highest BCUT2D eigenvalue weighted by molar-refractivity contribution is 6.01. The van der Waals surface area contributed by atoms with Crippen LogP contribution in [0, 0.1) is 0 Å². The third kappa shape index (κ3) is 2.82. The molecule has 1 aromatic rings. The van der Waals surface area contributed by atoms with Gasteiger partial charge in [-0.2, -0.15) is 0 Å². The minimum atomic E-state index is -1.07. The summed E-state index contributed by atoms with van der Waals surface area (Å²) in [5.41, 5.74) is 4.33. The lowest BCUT2D eigenvalue weighted by molar-refractivity contribution is 0.0928. The molecule has 0 unspecified atom stereocenters. The van der Waals surface area contributed by atoms with Crippen LogP contribution in [0.5, 0.6) is 11.5 Å². The molecule has 0 heterocycles. The summed E-state index contributed by atoms with van der Waals surface area (Å²) in [4.78, 5) is 11.9. The number of nitrogens with one attached hydrogen (secondary N) is 1. The highest BCUT2D eigenvalue weighted by Crippen LogP contribution is 2.22. The SMILES string of the molecule is CC(C)(NC(=O)c1ccc(O)cc1O)/C(N)=N/O. The average Bonchev–Trinajstić information content (AvgIpc) is 2.26. The van der Waals surface area contributed by atoms with Crippen LogP contribution in [0.4, 0.5) is 0 Å². The van der Waals surface area contributed by atoms with Crippen molar-refractivity contribution in [2.75, 3.05) is 0 Å². The number of oxime groups is 1. The number of amidine groups is 1. The Balaban J connectivity index is 2.96. The zero-order valence-electron chi connectivity index (χ0n) is 10.0. The van der Waals surface area contributed by atoms with Gasteiger partial charge in [-0.3, -0.25) is 4.79 Å². The van der Waals surface area contributed by atoms with Gasteiger partial charge in [0.15, 0.2) is 5.84 Å². The number of nitrogens with zero attached hydrogens (tertiary/aromatic N) is 1. The van der Waals surface area contributed by atoms with Gasteiger partial charge in [0, 0.05) is 6.07 Å². The highest BCUT2D eigenvalue weighted by atomic mass is 16.4. The van der Waals surface area contributed by atoms with E-state index in [-0.39, 0.29) is 22.9 Å².